The first-order valence-electron chi connectivity index (χ1n) is 7.80. The zero-order valence-electron chi connectivity index (χ0n) is 12.9. The Bertz CT molecular complexity index is 677. The van der Waals surface area contributed by atoms with Gasteiger partial charge in [-0.05, 0) is 42.7 Å². The smallest absolute Gasteiger partial charge is 0.255 e. The number of hydrogen-bond donors (Lipinski definition) is 1. The maximum absolute atomic E-state index is 12.1. The highest BCUT2D eigenvalue weighted by Gasteiger charge is 2.17. The Balaban J connectivity index is 1.58. The topological polar surface area (TPSA) is 62.3 Å². The van der Waals surface area contributed by atoms with E-state index in [1.165, 1.54) is 0 Å². The molecule has 0 unspecified atom stereocenters. The second kappa shape index (κ2) is 7.05. The number of hydrogen-bond acceptors (Lipinski definition) is 3. The molecule has 0 aliphatic carbocycles. The first kappa shape index (κ1) is 15.2. The molecule has 0 radical (unpaired) electrons. The van der Waals surface area contributed by atoms with Crippen molar-refractivity contribution in [2.75, 3.05) is 18.4 Å². The van der Waals surface area contributed by atoms with Crippen LogP contribution in [0.3, 0.4) is 0 Å². The fourth-order valence-electron chi connectivity index (χ4n) is 2.67. The zero-order chi connectivity index (χ0) is 16.1. The van der Waals surface area contributed by atoms with Gasteiger partial charge in [0.2, 0.25) is 5.91 Å². The Kier molecular flexibility index (Phi) is 4.66. The summed E-state index contributed by atoms with van der Waals surface area (Å²) in [7, 11) is 0. The molecule has 0 spiro atoms. The zero-order valence-corrected chi connectivity index (χ0v) is 12.9. The lowest BCUT2D eigenvalue weighted by Crippen LogP contribution is -2.29. The number of benzene rings is 1. The molecular formula is C18H19N3O2. The van der Waals surface area contributed by atoms with Crippen molar-refractivity contribution in [2.45, 2.75) is 19.3 Å². The van der Waals surface area contributed by atoms with E-state index in [0.29, 0.717) is 17.7 Å². The molecular weight excluding hydrogens is 290 g/mol. The third kappa shape index (κ3) is 3.94. The Hall–Kier alpha value is -2.69. The van der Waals surface area contributed by atoms with Crippen molar-refractivity contribution in [1.82, 2.24) is 9.88 Å². The summed E-state index contributed by atoms with van der Waals surface area (Å²) < 4.78 is 0. The molecule has 0 bridgehead atoms. The molecule has 1 fully saturated rings. The van der Waals surface area contributed by atoms with Crippen LogP contribution in [0.5, 0.6) is 0 Å². The van der Waals surface area contributed by atoms with Crippen molar-refractivity contribution in [3.63, 3.8) is 0 Å². The molecule has 1 aromatic heterocycles. The van der Waals surface area contributed by atoms with E-state index in [2.05, 4.69) is 10.3 Å². The monoisotopic (exact) mass is 309 g/mol. The molecule has 1 aliphatic rings. The minimum atomic E-state index is -0.173. The minimum absolute atomic E-state index is 0.173. The van der Waals surface area contributed by atoms with Crippen molar-refractivity contribution in [3.8, 4) is 0 Å². The molecule has 3 rings (SSSR count). The number of nitrogens with zero attached hydrogens (tertiary/aromatic N) is 2. The molecule has 2 amide bonds. The lowest BCUT2D eigenvalue weighted by Gasteiger charge is -2.15. The molecule has 2 aromatic rings. The highest BCUT2D eigenvalue weighted by Crippen LogP contribution is 2.14. The molecule has 0 saturated carbocycles. The largest absolute Gasteiger partial charge is 0.342 e. The van der Waals surface area contributed by atoms with Crippen LogP contribution in [0, 0.1) is 0 Å². The Morgan fingerprint density at radius 2 is 1.65 bits per heavy atom. The summed E-state index contributed by atoms with van der Waals surface area (Å²) in [5, 5.41) is 2.83. The highest BCUT2D eigenvalue weighted by atomic mass is 16.2. The Labute approximate surface area is 135 Å². The van der Waals surface area contributed by atoms with Gasteiger partial charge < -0.3 is 10.2 Å². The predicted octanol–water partition coefficient (Wildman–Crippen LogP) is 2.50. The van der Waals surface area contributed by atoms with E-state index in [1.807, 2.05) is 29.2 Å². The number of nitrogens with one attached hydrogen (secondary N) is 1. The van der Waals surface area contributed by atoms with Gasteiger partial charge in [0.05, 0.1) is 6.42 Å². The van der Waals surface area contributed by atoms with E-state index >= 15 is 0 Å². The first-order valence-corrected chi connectivity index (χ1v) is 7.80. The second-order valence-corrected chi connectivity index (χ2v) is 5.65. The van der Waals surface area contributed by atoms with Crippen molar-refractivity contribution < 1.29 is 9.59 Å². The summed E-state index contributed by atoms with van der Waals surface area (Å²) >= 11 is 0. The van der Waals surface area contributed by atoms with E-state index < -0.39 is 0 Å². The van der Waals surface area contributed by atoms with Crippen LogP contribution >= 0.6 is 0 Å². The van der Waals surface area contributed by atoms with E-state index in [1.54, 1.807) is 24.5 Å². The first-order chi connectivity index (χ1) is 11.2. The number of amides is 2. The van der Waals surface area contributed by atoms with Crippen LogP contribution in [0.15, 0.2) is 48.8 Å². The number of aromatic nitrogens is 1. The lowest BCUT2D eigenvalue weighted by molar-refractivity contribution is -0.129. The van der Waals surface area contributed by atoms with Gasteiger partial charge in [0.15, 0.2) is 0 Å². The molecule has 118 valence electrons. The van der Waals surface area contributed by atoms with Crippen LogP contribution in [0.4, 0.5) is 5.69 Å². The molecule has 5 nitrogen and oxygen atoms in total. The maximum Gasteiger partial charge on any atom is 0.255 e. The fourth-order valence-corrected chi connectivity index (χ4v) is 2.67. The summed E-state index contributed by atoms with van der Waals surface area (Å²) in [6.07, 6.45) is 5.79. The fraction of sp³-hybridized carbons (Fsp3) is 0.278. The third-order valence-electron chi connectivity index (χ3n) is 3.97. The standard InChI is InChI=1S/C18H19N3O2/c22-17(21-11-1-2-12-21)13-14-3-5-16(6-4-14)20-18(23)15-7-9-19-10-8-15/h3-10H,1-2,11-13H2,(H,20,23). The van der Waals surface area contributed by atoms with Crippen LogP contribution in [-0.2, 0) is 11.2 Å². The van der Waals surface area contributed by atoms with Crippen LogP contribution in [-0.4, -0.2) is 34.8 Å². The Morgan fingerprint density at radius 3 is 2.30 bits per heavy atom. The van der Waals surface area contributed by atoms with Gasteiger partial charge in [-0.2, -0.15) is 0 Å². The highest BCUT2D eigenvalue weighted by molar-refractivity contribution is 6.04. The van der Waals surface area contributed by atoms with Crippen molar-refractivity contribution in [1.29, 1.82) is 0 Å². The average Bonchev–Trinajstić information content (AvgIpc) is 3.12. The molecule has 1 aliphatic heterocycles. The molecule has 1 aromatic carbocycles. The SMILES string of the molecule is O=C(Nc1ccc(CC(=O)N2CCCC2)cc1)c1ccncc1. The van der Waals surface area contributed by atoms with Gasteiger partial charge in [-0.15, -0.1) is 0 Å². The number of likely N-dealkylation sites (tertiary alicyclic amines) is 1. The lowest BCUT2D eigenvalue weighted by atomic mass is 10.1. The van der Waals surface area contributed by atoms with Crippen molar-refractivity contribution >= 4 is 17.5 Å². The third-order valence-corrected chi connectivity index (χ3v) is 3.97. The van der Waals surface area contributed by atoms with E-state index in [4.69, 9.17) is 0 Å². The van der Waals surface area contributed by atoms with Crippen LogP contribution in [0.25, 0.3) is 0 Å². The summed E-state index contributed by atoms with van der Waals surface area (Å²) in [6, 6.07) is 10.8. The summed E-state index contributed by atoms with van der Waals surface area (Å²) in [5.41, 5.74) is 2.24. The number of pyridine rings is 1. The van der Waals surface area contributed by atoms with E-state index in [9.17, 15) is 9.59 Å². The summed E-state index contributed by atoms with van der Waals surface area (Å²) in [4.78, 5) is 30.0. The number of anilines is 1. The minimum Gasteiger partial charge on any atom is -0.342 e. The Morgan fingerprint density at radius 1 is 1.00 bits per heavy atom. The normalized spacial score (nSPS) is 13.8. The van der Waals surface area contributed by atoms with Crippen LogP contribution < -0.4 is 5.32 Å². The maximum atomic E-state index is 12.1. The summed E-state index contributed by atoms with van der Waals surface area (Å²) in [6.45, 7) is 1.75. The van der Waals surface area contributed by atoms with Gasteiger partial charge in [-0.3, -0.25) is 14.6 Å². The summed E-state index contributed by atoms with van der Waals surface area (Å²) in [5.74, 6) is 0.00404. The van der Waals surface area contributed by atoms with E-state index in [0.717, 1.165) is 31.5 Å². The average molecular weight is 309 g/mol. The van der Waals surface area contributed by atoms with Crippen LogP contribution in [0.2, 0.25) is 0 Å². The van der Waals surface area contributed by atoms with Crippen molar-refractivity contribution in [3.05, 3.63) is 59.9 Å². The van der Waals surface area contributed by atoms with Gasteiger partial charge in [0.1, 0.15) is 0 Å². The van der Waals surface area contributed by atoms with Gasteiger partial charge >= 0.3 is 0 Å². The number of rotatable bonds is 4. The quantitative estimate of drug-likeness (QED) is 0.944. The van der Waals surface area contributed by atoms with Gasteiger partial charge in [0.25, 0.3) is 5.91 Å². The molecule has 1 N–H and O–H groups in total. The van der Waals surface area contributed by atoms with Gasteiger partial charge in [-0.1, -0.05) is 12.1 Å². The molecule has 23 heavy (non-hydrogen) atoms. The van der Waals surface area contributed by atoms with Crippen molar-refractivity contribution in [2.24, 2.45) is 0 Å². The number of carbonyl (C=O) groups excluding carboxylic acids is 2. The number of carbonyl (C=O) groups is 2. The second-order valence-electron chi connectivity index (χ2n) is 5.65. The molecule has 0 atom stereocenters. The van der Waals surface area contributed by atoms with Gasteiger partial charge in [-0.25, -0.2) is 0 Å². The van der Waals surface area contributed by atoms with Crippen LogP contribution in [0.1, 0.15) is 28.8 Å². The predicted molar refractivity (Wildman–Crippen MR) is 88.2 cm³/mol. The molecule has 2 heterocycles. The van der Waals surface area contributed by atoms with E-state index in [-0.39, 0.29) is 11.8 Å². The molecule has 5 heteroatoms. The van der Waals surface area contributed by atoms with Gasteiger partial charge in [0, 0.05) is 36.7 Å². The molecule has 1 saturated heterocycles.